The molecule has 0 unspecified atom stereocenters. The van der Waals surface area contributed by atoms with Crippen LogP contribution < -0.4 is 15.8 Å². The van der Waals surface area contributed by atoms with Crippen LogP contribution in [0.1, 0.15) is 32.1 Å². The normalized spacial score (nSPS) is 18.0. The molecule has 0 radical (unpaired) electrons. The highest BCUT2D eigenvalue weighted by Gasteiger charge is 2.39. The van der Waals surface area contributed by atoms with Crippen molar-refractivity contribution >= 4 is 28.5 Å². The maximum absolute atomic E-state index is 12.5. The highest BCUT2D eigenvalue weighted by Crippen LogP contribution is 2.49. The molecule has 1 spiro atoms. The van der Waals surface area contributed by atoms with Gasteiger partial charge in [-0.05, 0) is 55.4 Å². The molecule has 8 nitrogen and oxygen atoms in total. The number of oxazole rings is 1. The number of carbonyl (C=O) groups excluding carboxylic acids is 1. The van der Waals surface area contributed by atoms with Crippen molar-refractivity contribution in [2.45, 2.75) is 38.6 Å². The van der Waals surface area contributed by atoms with E-state index >= 15 is 0 Å². The van der Waals surface area contributed by atoms with Crippen molar-refractivity contribution in [3.05, 3.63) is 47.1 Å². The molecule has 0 bridgehead atoms. The number of fused-ring (bicyclic) bond motifs is 1. The average Bonchev–Trinajstić information content (AvgIpc) is 3.16. The van der Waals surface area contributed by atoms with Gasteiger partial charge in [0.05, 0.1) is 0 Å². The smallest absolute Gasteiger partial charge is 0.267 e. The lowest BCUT2D eigenvalue weighted by Crippen LogP contribution is -2.44. The molecule has 1 saturated carbocycles. The van der Waals surface area contributed by atoms with E-state index in [4.69, 9.17) is 4.42 Å². The second-order valence-corrected chi connectivity index (χ2v) is 8.11. The van der Waals surface area contributed by atoms with Gasteiger partial charge in [-0.3, -0.25) is 9.59 Å². The summed E-state index contributed by atoms with van der Waals surface area (Å²) in [5, 5.41) is 7.24. The Morgan fingerprint density at radius 3 is 2.72 bits per heavy atom. The van der Waals surface area contributed by atoms with Crippen LogP contribution in [0, 0.1) is 5.41 Å². The van der Waals surface area contributed by atoms with Gasteiger partial charge in [0, 0.05) is 24.8 Å². The van der Waals surface area contributed by atoms with Gasteiger partial charge < -0.3 is 14.6 Å². The van der Waals surface area contributed by atoms with Crippen LogP contribution in [0.15, 0.2) is 45.9 Å². The van der Waals surface area contributed by atoms with Crippen LogP contribution in [0.3, 0.4) is 0 Å². The predicted octanol–water partition coefficient (Wildman–Crippen LogP) is 2.79. The van der Waals surface area contributed by atoms with Crippen LogP contribution in [-0.2, 0) is 11.3 Å². The van der Waals surface area contributed by atoms with Gasteiger partial charge in [0.15, 0.2) is 12.0 Å². The molecular formula is C21H23N5O3. The summed E-state index contributed by atoms with van der Waals surface area (Å²) >= 11 is 0. The van der Waals surface area contributed by atoms with E-state index in [0.29, 0.717) is 22.2 Å². The van der Waals surface area contributed by atoms with Crippen molar-refractivity contribution in [3.63, 3.8) is 0 Å². The number of nitrogens with one attached hydrogen (secondary N) is 1. The van der Waals surface area contributed by atoms with Crippen molar-refractivity contribution in [1.29, 1.82) is 0 Å². The molecule has 3 aromatic rings. The molecule has 150 valence electrons. The Morgan fingerprint density at radius 2 is 1.97 bits per heavy atom. The minimum Gasteiger partial charge on any atom is -0.443 e. The number of aromatic nitrogens is 3. The first kappa shape index (κ1) is 17.9. The number of hydrogen-bond donors (Lipinski definition) is 1. The Morgan fingerprint density at radius 1 is 1.14 bits per heavy atom. The number of hydrogen-bond acceptors (Lipinski definition) is 6. The summed E-state index contributed by atoms with van der Waals surface area (Å²) in [7, 11) is 0. The third-order valence-corrected chi connectivity index (χ3v) is 6.32. The van der Waals surface area contributed by atoms with Gasteiger partial charge in [-0.1, -0.05) is 6.42 Å². The van der Waals surface area contributed by atoms with Gasteiger partial charge in [0.1, 0.15) is 17.9 Å². The molecule has 0 atom stereocenters. The van der Waals surface area contributed by atoms with Crippen molar-refractivity contribution in [2.75, 3.05) is 23.3 Å². The van der Waals surface area contributed by atoms with Gasteiger partial charge in [0.25, 0.3) is 5.56 Å². The molecule has 29 heavy (non-hydrogen) atoms. The molecule has 2 aromatic heterocycles. The van der Waals surface area contributed by atoms with E-state index in [1.807, 2.05) is 0 Å². The molecule has 1 saturated heterocycles. The van der Waals surface area contributed by atoms with Crippen molar-refractivity contribution in [2.24, 2.45) is 5.41 Å². The zero-order valence-corrected chi connectivity index (χ0v) is 16.1. The molecule has 2 fully saturated rings. The van der Waals surface area contributed by atoms with Gasteiger partial charge in [0.2, 0.25) is 5.91 Å². The lowest BCUT2D eigenvalue weighted by Gasteiger charge is -2.48. The standard InChI is InChI=1S/C21H23N5O3/c27-19(23-15-2-3-17-16(12-15)22-14-29-17)13-26-20(28)5-4-18(24-26)25-10-8-21(9-11-25)6-1-7-21/h2-5,12,14H,1,6-11,13H2,(H,23,27). The molecule has 8 heteroatoms. The Hall–Kier alpha value is -3.16. The molecule has 1 N–H and O–H groups in total. The van der Waals surface area contributed by atoms with Crippen molar-refractivity contribution < 1.29 is 9.21 Å². The lowest BCUT2D eigenvalue weighted by atomic mass is 9.63. The number of benzene rings is 1. The number of carbonyl (C=O) groups is 1. The first-order valence-corrected chi connectivity index (χ1v) is 10.1. The monoisotopic (exact) mass is 393 g/mol. The summed E-state index contributed by atoms with van der Waals surface area (Å²) in [6.45, 7) is 1.77. The Bertz CT molecular complexity index is 1100. The minimum absolute atomic E-state index is 0.138. The van der Waals surface area contributed by atoms with Gasteiger partial charge >= 0.3 is 0 Å². The number of rotatable bonds is 4. The van der Waals surface area contributed by atoms with Crippen molar-refractivity contribution in [3.8, 4) is 0 Å². The second-order valence-electron chi connectivity index (χ2n) is 8.11. The fourth-order valence-corrected chi connectivity index (χ4v) is 4.38. The summed E-state index contributed by atoms with van der Waals surface area (Å²) in [5.74, 6) is 0.447. The molecule has 1 amide bonds. The summed E-state index contributed by atoms with van der Waals surface area (Å²) in [5.41, 5.74) is 2.18. The maximum atomic E-state index is 12.5. The number of nitrogens with zero attached hydrogens (tertiary/aromatic N) is 4. The fraction of sp³-hybridized carbons (Fsp3) is 0.429. The van der Waals surface area contributed by atoms with E-state index in [9.17, 15) is 9.59 Å². The maximum Gasteiger partial charge on any atom is 0.267 e. The van der Waals surface area contributed by atoms with Gasteiger partial charge in [-0.25, -0.2) is 9.67 Å². The number of anilines is 2. The zero-order chi connectivity index (χ0) is 19.8. The van der Waals surface area contributed by atoms with Crippen LogP contribution in [0.4, 0.5) is 11.5 Å². The molecule has 3 heterocycles. The van der Waals surface area contributed by atoms with Crippen LogP contribution in [-0.4, -0.2) is 33.8 Å². The SMILES string of the molecule is O=C(Cn1nc(N2CCC3(CCC3)CC2)ccc1=O)Nc1ccc2ocnc2c1. The van der Waals surface area contributed by atoms with E-state index in [1.165, 1.54) is 49.2 Å². The summed E-state index contributed by atoms with van der Waals surface area (Å²) in [6, 6.07) is 8.46. The van der Waals surface area contributed by atoms with Gasteiger partial charge in [-0.15, -0.1) is 0 Å². The number of amides is 1. The molecule has 1 aliphatic heterocycles. The third-order valence-electron chi connectivity index (χ3n) is 6.32. The Kier molecular flexibility index (Phi) is 4.34. The highest BCUT2D eigenvalue weighted by atomic mass is 16.3. The molecular weight excluding hydrogens is 370 g/mol. The first-order valence-electron chi connectivity index (χ1n) is 10.1. The zero-order valence-electron chi connectivity index (χ0n) is 16.1. The summed E-state index contributed by atoms with van der Waals surface area (Å²) in [4.78, 5) is 31.0. The second kappa shape index (κ2) is 7.02. The van der Waals surface area contributed by atoms with E-state index in [-0.39, 0.29) is 18.0 Å². The topological polar surface area (TPSA) is 93.3 Å². The third kappa shape index (κ3) is 3.50. The largest absolute Gasteiger partial charge is 0.443 e. The van der Waals surface area contributed by atoms with E-state index < -0.39 is 0 Å². The first-order chi connectivity index (χ1) is 14.1. The van der Waals surface area contributed by atoms with E-state index in [1.54, 1.807) is 24.3 Å². The summed E-state index contributed by atoms with van der Waals surface area (Å²) in [6.07, 6.45) is 7.75. The Balaban J connectivity index is 1.27. The molecule has 1 aromatic carbocycles. The molecule has 1 aliphatic carbocycles. The lowest BCUT2D eigenvalue weighted by molar-refractivity contribution is -0.117. The van der Waals surface area contributed by atoms with Crippen LogP contribution >= 0.6 is 0 Å². The van der Waals surface area contributed by atoms with Crippen molar-refractivity contribution in [1.82, 2.24) is 14.8 Å². The fourth-order valence-electron chi connectivity index (χ4n) is 4.38. The average molecular weight is 393 g/mol. The van der Waals surface area contributed by atoms with Crippen LogP contribution in [0.2, 0.25) is 0 Å². The predicted molar refractivity (Wildman–Crippen MR) is 109 cm³/mol. The number of piperidine rings is 1. The molecule has 5 rings (SSSR count). The van der Waals surface area contributed by atoms with Gasteiger partial charge in [-0.2, -0.15) is 5.10 Å². The van der Waals surface area contributed by atoms with E-state index in [0.717, 1.165) is 18.9 Å². The quantitative estimate of drug-likeness (QED) is 0.733. The van der Waals surface area contributed by atoms with E-state index in [2.05, 4.69) is 20.3 Å². The highest BCUT2D eigenvalue weighted by molar-refractivity contribution is 5.92. The minimum atomic E-state index is -0.313. The van der Waals surface area contributed by atoms with Crippen LogP contribution in [0.5, 0.6) is 0 Å². The Labute approximate surface area is 167 Å². The summed E-state index contributed by atoms with van der Waals surface area (Å²) < 4.78 is 6.43. The van der Waals surface area contributed by atoms with Crippen LogP contribution in [0.25, 0.3) is 11.1 Å². The molecule has 2 aliphatic rings.